The molecule has 0 atom stereocenters. The Labute approximate surface area is 118 Å². The second kappa shape index (κ2) is 5.38. The Hall–Kier alpha value is -2.92. The van der Waals surface area contributed by atoms with Gasteiger partial charge < -0.3 is 0 Å². The van der Waals surface area contributed by atoms with Crippen molar-refractivity contribution in [3.8, 4) is 28.6 Å². The molecule has 20 heavy (non-hydrogen) atoms. The van der Waals surface area contributed by atoms with Crippen molar-refractivity contribution in [2.24, 2.45) is 0 Å². The number of aromatic nitrogens is 1. The zero-order valence-electron chi connectivity index (χ0n) is 10.8. The third kappa shape index (κ3) is 2.43. The SMILES string of the molecule is N#Cc1cc(-c2ccccc2)nc(-c2ccccc2)c1. The maximum atomic E-state index is 9.20. The van der Waals surface area contributed by atoms with Gasteiger partial charge in [0.05, 0.1) is 23.0 Å². The van der Waals surface area contributed by atoms with E-state index in [9.17, 15) is 5.26 Å². The van der Waals surface area contributed by atoms with Crippen LogP contribution in [0.4, 0.5) is 0 Å². The van der Waals surface area contributed by atoms with Crippen molar-refractivity contribution in [3.63, 3.8) is 0 Å². The molecule has 0 amide bonds. The van der Waals surface area contributed by atoms with Crippen LogP contribution in [0, 0.1) is 11.3 Å². The van der Waals surface area contributed by atoms with Crippen molar-refractivity contribution >= 4 is 0 Å². The summed E-state index contributed by atoms with van der Waals surface area (Å²) in [4.78, 5) is 4.67. The average Bonchev–Trinajstić information content (AvgIpc) is 2.56. The van der Waals surface area contributed by atoms with E-state index in [0.29, 0.717) is 5.56 Å². The summed E-state index contributed by atoms with van der Waals surface area (Å²) in [6.45, 7) is 0. The van der Waals surface area contributed by atoms with Crippen molar-refractivity contribution in [2.75, 3.05) is 0 Å². The molecule has 0 aliphatic carbocycles. The maximum Gasteiger partial charge on any atom is 0.0993 e. The van der Waals surface area contributed by atoms with E-state index >= 15 is 0 Å². The summed E-state index contributed by atoms with van der Waals surface area (Å²) in [7, 11) is 0. The molecular weight excluding hydrogens is 244 g/mol. The molecule has 3 aromatic rings. The second-order valence-corrected chi connectivity index (χ2v) is 4.47. The molecule has 0 saturated carbocycles. The van der Waals surface area contributed by atoms with Gasteiger partial charge in [-0.2, -0.15) is 5.26 Å². The first-order chi connectivity index (χ1) is 9.86. The third-order valence-electron chi connectivity index (χ3n) is 3.09. The lowest BCUT2D eigenvalue weighted by Crippen LogP contribution is -1.90. The fourth-order valence-corrected chi connectivity index (χ4v) is 2.11. The maximum absolute atomic E-state index is 9.20. The van der Waals surface area contributed by atoms with Crippen LogP contribution in [0.15, 0.2) is 72.8 Å². The summed E-state index contributed by atoms with van der Waals surface area (Å²) in [6, 6.07) is 25.7. The number of pyridine rings is 1. The van der Waals surface area contributed by atoms with Gasteiger partial charge in [0.2, 0.25) is 0 Å². The lowest BCUT2D eigenvalue weighted by molar-refractivity contribution is 1.31. The van der Waals surface area contributed by atoms with E-state index in [1.54, 1.807) is 0 Å². The number of benzene rings is 2. The van der Waals surface area contributed by atoms with Crippen LogP contribution in [-0.2, 0) is 0 Å². The third-order valence-corrected chi connectivity index (χ3v) is 3.09. The van der Waals surface area contributed by atoms with E-state index < -0.39 is 0 Å². The smallest absolute Gasteiger partial charge is 0.0993 e. The quantitative estimate of drug-likeness (QED) is 0.686. The summed E-state index contributed by atoms with van der Waals surface area (Å²) in [5, 5.41) is 9.20. The summed E-state index contributed by atoms with van der Waals surface area (Å²) >= 11 is 0. The van der Waals surface area contributed by atoms with Crippen LogP contribution in [-0.4, -0.2) is 4.98 Å². The highest BCUT2D eigenvalue weighted by Gasteiger charge is 2.06. The monoisotopic (exact) mass is 256 g/mol. The van der Waals surface area contributed by atoms with Crippen LogP contribution in [0.5, 0.6) is 0 Å². The number of hydrogen-bond acceptors (Lipinski definition) is 2. The van der Waals surface area contributed by atoms with Gasteiger partial charge in [0, 0.05) is 11.1 Å². The molecule has 2 heteroatoms. The standard InChI is InChI=1S/C18H12N2/c19-13-14-11-17(15-7-3-1-4-8-15)20-18(12-14)16-9-5-2-6-10-16/h1-12H. The minimum Gasteiger partial charge on any atom is -0.248 e. The molecule has 0 N–H and O–H groups in total. The Morgan fingerprint density at radius 2 is 1.15 bits per heavy atom. The largest absolute Gasteiger partial charge is 0.248 e. The van der Waals surface area contributed by atoms with Crippen LogP contribution in [0.3, 0.4) is 0 Å². The number of rotatable bonds is 2. The van der Waals surface area contributed by atoms with Gasteiger partial charge in [0.15, 0.2) is 0 Å². The lowest BCUT2D eigenvalue weighted by atomic mass is 10.1. The second-order valence-electron chi connectivity index (χ2n) is 4.47. The van der Waals surface area contributed by atoms with Gasteiger partial charge >= 0.3 is 0 Å². The summed E-state index contributed by atoms with van der Waals surface area (Å²) in [5.74, 6) is 0. The van der Waals surface area contributed by atoms with Gasteiger partial charge in [0.25, 0.3) is 0 Å². The molecular formula is C18H12N2. The van der Waals surface area contributed by atoms with Gasteiger partial charge in [-0.3, -0.25) is 0 Å². The van der Waals surface area contributed by atoms with Gasteiger partial charge in [-0.1, -0.05) is 60.7 Å². The molecule has 0 spiro atoms. The van der Waals surface area contributed by atoms with E-state index in [-0.39, 0.29) is 0 Å². The first kappa shape index (κ1) is 12.1. The van der Waals surface area contributed by atoms with Crippen molar-refractivity contribution in [2.45, 2.75) is 0 Å². The van der Waals surface area contributed by atoms with Gasteiger partial charge in [0.1, 0.15) is 0 Å². The molecule has 1 aromatic heterocycles. The normalized spacial score (nSPS) is 9.95. The van der Waals surface area contributed by atoms with Crippen LogP contribution in [0.25, 0.3) is 22.5 Å². The Balaban J connectivity index is 2.16. The first-order valence-electron chi connectivity index (χ1n) is 6.40. The Kier molecular flexibility index (Phi) is 3.26. The van der Waals surface area contributed by atoms with E-state index in [2.05, 4.69) is 11.1 Å². The predicted octanol–water partition coefficient (Wildman–Crippen LogP) is 4.29. The zero-order valence-corrected chi connectivity index (χ0v) is 10.8. The topological polar surface area (TPSA) is 36.7 Å². The molecule has 0 saturated heterocycles. The summed E-state index contributed by atoms with van der Waals surface area (Å²) in [6.07, 6.45) is 0. The van der Waals surface area contributed by atoms with Crippen molar-refractivity contribution in [1.82, 2.24) is 4.98 Å². The Morgan fingerprint density at radius 1 is 0.700 bits per heavy atom. The summed E-state index contributed by atoms with van der Waals surface area (Å²) < 4.78 is 0. The number of hydrogen-bond donors (Lipinski definition) is 0. The molecule has 2 nitrogen and oxygen atoms in total. The molecule has 0 bridgehead atoms. The predicted molar refractivity (Wildman–Crippen MR) is 79.8 cm³/mol. The van der Waals surface area contributed by atoms with E-state index in [0.717, 1.165) is 22.5 Å². The van der Waals surface area contributed by atoms with Gasteiger partial charge in [-0.25, -0.2) is 4.98 Å². The van der Waals surface area contributed by atoms with E-state index in [1.807, 2.05) is 72.8 Å². The van der Waals surface area contributed by atoms with E-state index in [1.165, 1.54) is 0 Å². The number of nitriles is 1. The minimum atomic E-state index is 0.623. The van der Waals surface area contributed by atoms with Crippen LogP contribution < -0.4 is 0 Å². The fourth-order valence-electron chi connectivity index (χ4n) is 2.11. The fraction of sp³-hybridized carbons (Fsp3) is 0. The zero-order chi connectivity index (χ0) is 13.8. The molecule has 0 aliphatic heterocycles. The molecule has 2 aromatic carbocycles. The molecule has 0 unspecified atom stereocenters. The average molecular weight is 256 g/mol. The Bertz CT molecular complexity index is 699. The molecule has 0 radical (unpaired) electrons. The highest BCUT2D eigenvalue weighted by atomic mass is 14.7. The van der Waals surface area contributed by atoms with Crippen LogP contribution >= 0.6 is 0 Å². The van der Waals surface area contributed by atoms with Crippen LogP contribution in [0.2, 0.25) is 0 Å². The molecule has 0 aliphatic rings. The van der Waals surface area contributed by atoms with Crippen molar-refractivity contribution < 1.29 is 0 Å². The highest BCUT2D eigenvalue weighted by molar-refractivity contribution is 5.68. The van der Waals surface area contributed by atoms with Crippen LogP contribution in [0.1, 0.15) is 5.56 Å². The lowest BCUT2D eigenvalue weighted by Gasteiger charge is -2.06. The molecule has 94 valence electrons. The molecule has 1 heterocycles. The van der Waals surface area contributed by atoms with Crippen molar-refractivity contribution in [1.29, 1.82) is 5.26 Å². The molecule has 0 fully saturated rings. The van der Waals surface area contributed by atoms with E-state index in [4.69, 9.17) is 0 Å². The van der Waals surface area contributed by atoms with Gasteiger partial charge in [-0.05, 0) is 12.1 Å². The number of nitrogens with zero attached hydrogens (tertiary/aromatic N) is 2. The van der Waals surface area contributed by atoms with Gasteiger partial charge in [-0.15, -0.1) is 0 Å². The van der Waals surface area contributed by atoms with Crippen molar-refractivity contribution in [3.05, 3.63) is 78.4 Å². The highest BCUT2D eigenvalue weighted by Crippen LogP contribution is 2.24. The summed E-state index contributed by atoms with van der Waals surface area (Å²) in [5.41, 5.74) is 4.30. The Morgan fingerprint density at radius 3 is 1.55 bits per heavy atom. The minimum absolute atomic E-state index is 0.623. The molecule has 3 rings (SSSR count). The first-order valence-corrected chi connectivity index (χ1v) is 6.40.